The molecule has 1 amide bonds. The average Bonchev–Trinajstić information content (AvgIpc) is 2.85. The van der Waals surface area contributed by atoms with Gasteiger partial charge in [-0.3, -0.25) is 4.79 Å². The van der Waals surface area contributed by atoms with Crippen LogP contribution in [0.15, 0.2) is 36.5 Å². The van der Waals surface area contributed by atoms with Crippen molar-refractivity contribution in [1.82, 2.24) is 4.98 Å². The Morgan fingerprint density at radius 3 is 2.61 bits per heavy atom. The molecule has 18 heavy (non-hydrogen) atoms. The third kappa shape index (κ3) is 2.32. The van der Waals surface area contributed by atoms with Crippen molar-refractivity contribution in [1.29, 1.82) is 0 Å². The number of carbonyl (C=O) groups excluding carboxylic acids is 1. The van der Waals surface area contributed by atoms with E-state index in [0.717, 1.165) is 0 Å². The third-order valence-electron chi connectivity index (χ3n) is 2.33. The van der Waals surface area contributed by atoms with E-state index in [1.807, 2.05) is 0 Å². The number of rotatable bonds is 3. The number of aromatic nitrogens is 1. The lowest BCUT2D eigenvalue weighted by Gasteiger charge is -2.07. The molecule has 0 aliphatic carbocycles. The molecule has 0 aliphatic rings. The number of aromatic amines is 1. The molecule has 1 aromatic carbocycles. The summed E-state index contributed by atoms with van der Waals surface area (Å²) in [6, 6.07) is 6.88. The van der Waals surface area contributed by atoms with Crippen LogP contribution in [-0.2, 0) is 0 Å². The lowest BCUT2D eigenvalue weighted by atomic mass is 10.2. The van der Waals surface area contributed by atoms with Crippen LogP contribution in [0.5, 0.6) is 5.75 Å². The fourth-order valence-corrected chi connectivity index (χ4v) is 1.43. The van der Waals surface area contributed by atoms with Gasteiger partial charge in [0.15, 0.2) is 0 Å². The molecule has 0 aliphatic heterocycles. The second kappa shape index (κ2) is 4.62. The first-order valence-electron chi connectivity index (χ1n) is 5.09. The van der Waals surface area contributed by atoms with Crippen LogP contribution in [0.4, 0.5) is 5.69 Å². The minimum absolute atomic E-state index is 0.0189. The van der Waals surface area contributed by atoms with Gasteiger partial charge in [0.1, 0.15) is 11.4 Å². The standard InChI is InChI=1S/C12H10N2O4/c15-10-4-3-7(12(17)18)6-9(10)14-11(16)8-2-1-5-13-8/h1-6,13,15H,(H,14,16)(H,17,18). The quantitative estimate of drug-likeness (QED) is 0.618. The van der Waals surface area contributed by atoms with Crippen LogP contribution >= 0.6 is 0 Å². The zero-order chi connectivity index (χ0) is 13.1. The number of phenolic OH excluding ortho intramolecular Hbond substituents is 1. The molecule has 6 heteroatoms. The summed E-state index contributed by atoms with van der Waals surface area (Å²) in [5, 5.41) is 20.8. The van der Waals surface area contributed by atoms with Gasteiger partial charge in [-0.05, 0) is 30.3 Å². The maximum Gasteiger partial charge on any atom is 0.335 e. The zero-order valence-electron chi connectivity index (χ0n) is 9.18. The first kappa shape index (κ1) is 11.7. The van der Waals surface area contributed by atoms with Crippen LogP contribution in [0.3, 0.4) is 0 Å². The van der Waals surface area contributed by atoms with Gasteiger partial charge in [-0.2, -0.15) is 0 Å². The van der Waals surface area contributed by atoms with E-state index < -0.39 is 11.9 Å². The molecule has 0 fully saturated rings. The molecule has 1 heterocycles. The number of anilines is 1. The smallest absolute Gasteiger partial charge is 0.335 e. The van der Waals surface area contributed by atoms with Crippen LogP contribution in [0.1, 0.15) is 20.8 Å². The summed E-state index contributed by atoms with van der Waals surface area (Å²) < 4.78 is 0. The highest BCUT2D eigenvalue weighted by Crippen LogP contribution is 2.24. The molecule has 0 spiro atoms. The Labute approximate surface area is 102 Å². The Hall–Kier alpha value is -2.76. The number of phenols is 1. The SMILES string of the molecule is O=C(O)c1ccc(O)c(NC(=O)c2ccc[nH]2)c1. The van der Waals surface area contributed by atoms with Gasteiger partial charge in [-0.15, -0.1) is 0 Å². The predicted molar refractivity (Wildman–Crippen MR) is 63.8 cm³/mol. The van der Waals surface area contributed by atoms with E-state index in [-0.39, 0.29) is 17.0 Å². The van der Waals surface area contributed by atoms with Gasteiger partial charge in [0.25, 0.3) is 5.91 Å². The molecule has 0 radical (unpaired) electrons. The van der Waals surface area contributed by atoms with Gasteiger partial charge < -0.3 is 20.5 Å². The number of nitrogens with one attached hydrogen (secondary N) is 2. The van der Waals surface area contributed by atoms with Crippen molar-refractivity contribution < 1.29 is 19.8 Å². The van der Waals surface area contributed by atoms with Crippen molar-refractivity contribution >= 4 is 17.6 Å². The number of carbonyl (C=O) groups is 2. The molecular weight excluding hydrogens is 236 g/mol. The van der Waals surface area contributed by atoms with E-state index in [0.29, 0.717) is 5.69 Å². The molecule has 0 bridgehead atoms. The normalized spacial score (nSPS) is 10.0. The van der Waals surface area contributed by atoms with Crippen LogP contribution < -0.4 is 5.32 Å². The molecule has 4 N–H and O–H groups in total. The maximum atomic E-state index is 11.7. The van der Waals surface area contributed by atoms with Crippen molar-refractivity contribution in [2.45, 2.75) is 0 Å². The first-order chi connectivity index (χ1) is 8.58. The van der Waals surface area contributed by atoms with E-state index in [9.17, 15) is 14.7 Å². The minimum atomic E-state index is -1.13. The monoisotopic (exact) mass is 246 g/mol. The number of aromatic carboxylic acids is 1. The van der Waals surface area contributed by atoms with E-state index in [2.05, 4.69) is 10.3 Å². The molecule has 6 nitrogen and oxygen atoms in total. The Bertz CT molecular complexity index is 590. The van der Waals surface area contributed by atoms with Crippen LogP contribution in [0, 0.1) is 0 Å². The number of benzene rings is 1. The molecular formula is C12H10N2O4. The molecule has 92 valence electrons. The summed E-state index contributed by atoms with van der Waals surface area (Å²) in [5.74, 6) is -1.79. The van der Waals surface area contributed by atoms with Crippen molar-refractivity contribution in [2.75, 3.05) is 5.32 Å². The average molecular weight is 246 g/mol. The van der Waals surface area contributed by atoms with Crippen LogP contribution in [0.25, 0.3) is 0 Å². The van der Waals surface area contributed by atoms with Crippen molar-refractivity contribution in [3.8, 4) is 5.75 Å². The molecule has 0 saturated carbocycles. The van der Waals surface area contributed by atoms with E-state index in [1.165, 1.54) is 18.2 Å². The molecule has 2 aromatic rings. The minimum Gasteiger partial charge on any atom is -0.506 e. The number of carboxylic acids is 1. The van der Waals surface area contributed by atoms with Gasteiger partial charge in [0.2, 0.25) is 0 Å². The second-order valence-corrected chi connectivity index (χ2v) is 3.58. The molecule has 2 rings (SSSR count). The highest BCUT2D eigenvalue weighted by molar-refractivity contribution is 6.04. The molecule has 0 saturated heterocycles. The van der Waals surface area contributed by atoms with Crippen LogP contribution in [-0.4, -0.2) is 27.1 Å². The number of H-pyrrole nitrogens is 1. The van der Waals surface area contributed by atoms with E-state index >= 15 is 0 Å². The lowest BCUT2D eigenvalue weighted by molar-refractivity contribution is 0.0696. The topological polar surface area (TPSA) is 102 Å². The number of hydrogen-bond donors (Lipinski definition) is 4. The Morgan fingerprint density at radius 2 is 2.00 bits per heavy atom. The highest BCUT2D eigenvalue weighted by atomic mass is 16.4. The van der Waals surface area contributed by atoms with Crippen molar-refractivity contribution in [3.05, 3.63) is 47.8 Å². The summed E-state index contributed by atoms with van der Waals surface area (Å²) in [4.78, 5) is 25.2. The van der Waals surface area contributed by atoms with Crippen molar-refractivity contribution in [3.63, 3.8) is 0 Å². The lowest BCUT2D eigenvalue weighted by Crippen LogP contribution is -2.12. The molecule has 0 atom stereocenters. The number of amides is 1. The summed E-state index contributed by atoms with van der Waals surface area (Å²) in [6.07, 6.45) is 1.59. The first-order valence-corrected chi connectivity index (χ1v) is 5.09. The van der Waals surface area contributed by atoms with E-state index in [4.69, 9.17) is 5.11 Å². The highest BCUT2D eigenvalue weighted by Gasteiger charge is 2.12. The van der Waals surface area contributed by atoms with Gasteiger partial charge in [0.05, 0.1) is 11.3 Å². The predicted octanol–water partition coefficient (Wildman–Crippen LogP) is 1.67. The second-order valence-electron chi connectivity index (χ2n) is 3.58. The number of hydrogen-bond acceptors (Lipinski definition) is 3. The number of aromatic hydroxyl groups is 1. The van der Waals surface area contributed by atoms with E-state index in [1.54, 1.807) is 18.3 Å². The molecule has 0 unspecified atom stereocenters. The van der Waals surface area contributed by atoms with Gasteiger partial charge in [0, 0.05) is 6.20 Å². The fourth-order valence-electron chi connectivity index (χ4n) is 1.43. The van der Waals surface area contributed by atoms with Gasteiger partial charge in [-0.1, -0.05) is 0 Å². The summed E-state index contributed by atoms with van der Waals surface area (Å²) in [7, 11) is 0. The number of carboxylic acid groups (broad SMARTS) is 1. The van der Waals surface area contributed by atoms with Crippen molar-refractivity contribution in [2.24, 2.45) is 0 Å². The maximum absolute atomic E-state index is 11.7. The zero-order valence-corrected chi connectivity index (χ0v) is 9.18. The molecule has 1 aromatic heterocycles. The summed E-state index contributed by atoms with van der Waals surface area (Å²) >= 11 is 0. The third-order valence-corrected chi connectivity index (χ3v) is 2.33. The van der Waals surface area contributed by atoms with Gasteiger partial charge >= 0.3 is 5.97 Å². The Balaban J connectivity index is 2.26. The summed E-state index contributed by atoms with van der Waals surface area (Å²) in [6.45, 7) is 0. The largest absolute Gasteiger partial charge is 0.506 e. The van der Waals surface area contributed by atoms with Gasteiger partial charge in [-0.25, -0.2) is 4.79 Å². The summed E-state index contributed by atoms with van der Waals surface area (Å²) in [5.41, 5.74) is 0.346. The fraction of sp³-hybridized carbons (Fsp3) is 0. The Kier molecular flexibility index (Phi) is 3.01. The van der Waals surface area contributed by atoms with Crippen LogP contribution in [0.2, 0.25) is 0 Å². The Morgan fingerprint density at radius 1 is 1.22 bits per heavy atom.